The number of pyridine rings is 1. The number of nitrogens with one attached hydrogen (secondary N) is 1. The third kappa shape index (κ3) is 3.25. The van der Waals surface area contributed by atoms with Crippen molar-refractivity contribution < 1.29 is 0 Å². The first-order valence-corrected chi connectivity index (χ1v) is 10.9. The Labute approximate surface area is 177 Å². The van der Waals surface area contributed by atoms with Gasteiger partial charge in [-0.05, 0) is 58.4 Å². The Hall–Kier alpha value is -2.86. The van der Waals surface area contributed by atoms with Gasteiger partial charge in [0.05, 0.1) is 16.7 Å². The first kappa shape index (κ1) is 19.1. The maximum absolute atomic E-state index is 4.52. The summed E-state index contributed by atoms with van der Waals surface area (Å²) in [4.78, 5) is 2.44. The van der Waals surface area contributed by atoms with Crippen molar-refractivity contribution >= 4 is 22.4 Å². The van der Waals surface area contributed by atoms with Crippen LogP contribution in [0.3, 0.4) is 0 Å². The summed E-state index contributed by atoms with van der Waals surface area (Å²) in [5.41, 5.74) is 6.94. The number of fused-ring (bicyclic) bond motifs is 3. The van der Waals surface area contributed by atoms with Gasteiger partial charge in [-0.3, -0.25) is 4.40 Å². The highest BCUT2D eigenvalue weighted by Crippen LogP contribution is 2.30. The molecule has 0 bridgehead atoms. The normalized spacial score (nSPS) is 20.3. The van der Waals surface area contributed by atoms with Crippen LogP contribution in [-0.2, 0) is 6.54 Å². The number of piperidine rings is 1. The maximum Gasteiger partial charge on any atom is 0.184 e. The highest BCUT2D eigenvalue weighted by molar-refractivity contribution is 5.88. The molecular formula is C24H30N6. The molecule has 1 saturated heterocycles. The third-order valence-electron chi connectivity index (χ3n) is 6.66. The monoisotopic (exact) mass is 402 g/mol. The zero-order valence-electron chi connectivity index (χ0n) is 18.3. The standard InChI is InChI=1S/C24H30N6/c1-16-12-20(10-11-28(16)4)25-21-14-22-23(30-18(3)26-27-24(21)30)13-17(2)29(22)15-19-8-6-5-7-9-19/h5-9,13-14,16,20,25H,10-12,15H2,1-4H3. The Morgan fingerprint density at radius 3 is 2.63 bits per heavy atom. The van der Waals surface area contributed by atoms with Crippen molar-refractivity contribution in [1.82, 2.24) is 24.1 Å². The summed E-state index contributed by atoms with van der Waals surface area (Å²) in [5.74, 6) is 0.923. The molecule has 4 heterocycles. The fraction of sp³-hybridized carbons (Fsp3) is 0.417. The lowest BCUT2D eigenvalue weighted by Crippen LogP contribution is -2.42. The molecule has 5 rings (SSSR count). The van der Waals surface area contributed by atoms with Gasteiger partial charge in [0.25, 0.3) is 0 Å². The Balaban J connectivity index is 1.60. The Morgan fingerprint density at radius 2 is 1.87 bits per heavy atom. The number of rotatable bonds is 4. The number of hydrogen-bond acceptors (Lipinski definition) is 4. The number of aryl methyl sites for hydroxylation is 2. The molecule has 0 saturated carbocycles. The van der Waals surface area contributed by atoms with E-state index in [2.05, 4.69) is 92.7 Å². The first-order chi connectivity index (χ1) is 14.5. The molecule has 3 aromatic heterocycles. The van der Waals surface area contributed by atoms with Gasteiger partial charge in [-0.25, -0.2) is 0 Å². The van der Waals surface area contributed by atoms with E-state index in [1.165, 1.54) is 22.3 Å². The fourth-order valence-corrected chi connectivity index (χ4v) is 4.76. The summed E-state index contributed by atoms with van der Waals surface area (Å²) >= 11 is 0. The van der Waals surface area contributed by atoms with Gasteiger partial charge in [0.2, 0.25) is 0 Å². The lowest BCUT2D eigenvalue weighted by Gasteiger charge is -2.35. The van der Waals surface area contributed by atoms with Gasteiger partial charge < -0.3 is 14.8 Å². The zero-order chi connectivity index (χ0) is 20.8. The summed E-state index contributed by atoms with van der Waals surface area (Å²) in [6.45, 7) is 8.49. The molecule has 0 radical (unpaired) electrons. The van der Waals surface area contributed by atoms with Crippen molar-refractivity contribution in [2.75, 3.05) is 18.9 Å². The van der Waals surface area contributed by atoms with Crippen molar-refractivity contribution in [3.8, 4) is 0 Å². The third-order valence-corrected chi connectivity index (χ3v) is 6.66. The van der Waals surface area contributed by atoms with E-state index in [-0.39, 0.29) is 0 Å². The van der Waals surface area contributed by atoms with E-state index >= 15 is 0 Å². The molecule has 2 atom stereocenters. The maximum atomic E-state index is 4.52. The predicted octanol–water partition coefficient (Wildman–Crippen LogP) is 4.24. The number of hydrogen-bond donors (Lipinski definition) is 1. The minimum Gasteiger partial charge on any atom is -0.379 e. The molecule has 0 spiro atoms. The predicted molar refractivity (Wildman–Crippen MR) is 122 cm³/mol. The average Bonchev–Trinajstić information content (AvgIpc) is 3.26. The van der Waals surface area contributed by atoms with Crippen LogP contribution >= 0.6 is 0 Å². The van der Waals surface area contributed by atoms with Crippen LogP contribution in [0.15, 0.2) is 42.5 Å². The van der Waals surface area contributed by atoms with Crippen LogP contribution in [0.1, 0.15) is 36.8 Å². The largest absolute Gasteiger partial charge is 0.379 e. The Bertz CT molecular complexity index is 1190. The van der Waals surface area contributed by atoms with E-state index in [4.69, 9.17) is 0 Å². The SMILES string of the molecule is Cc1cc2c(cc(NC3CCN(C)C(C)C3)c3nnc(C)n32)n1Cc1ccccc1. The van der Waals surface area contributed by atoms with E-state index < -0.39 is 0 Å². The molecule has 1 aromatic carbocycles. The second-order valence-corrected chi connectivity index (χ2v) is 8.79. The van der Waals surface area contributed by atoms with Crippen LogP contribution in [0.5, 0.6) is 0 Å². The summed E-state index contributed by atoms with van der Waals surface area (Å²) < 4.78 is 4.59. The Morgan fingerprint density at radius 1 is 1.07 bits per heavy atom. The summed E-state index contributed by atoms with van der Waals surface area (Å²) in [6, 6.07) is 16.2. The average molecular weight is 403 g/mol. The van der Waals surface area contributed by atoms with E-state index in [1.807, 2.05) is 6.92 Å². The summed E-state index contributed by atoms with van der Waals surface area (Å²) in [6.07, 6.45) is 2.28. The molecular weight excluding hydrogens is 372 g/mol. The van der Waals surface area contributed by atoms with Gasteiger partial charge in [-0.15, -0.1) is 10.2 Å². The van der Waals surface area contributed by atoms with Crippen molar-refractivity contribution in [1.29, 1.82) is 0 Å². The lowest BCUT2D eigenvalue weighted by atomic mass is 9.99. The van der Waals surface area contributed by atoms with Crippen molar-refractivity contribution in [3.63, 3.8) is 0 Å². The van der Waals surface area contributed by atoms with Gasteiger partial charge in [0.15, 0.2) is 5.65 Å². The van der Waals surface area contributed by atoms with Crippen molar-refractivity contribution in [2.24, 2.45) is 0 Å². The van der Waals surface area contributed by atoms with Crippen LogP contribution < -0.4 is 5.32 Å². The molecule has 6 heteroatoms. The number of benzene rings is 1. The van der Waals surface area contributed by atoms with Crippen LogP contribution in [-0.4, -0.2) is 49.7 Å². The first-order valence-electron chi connectivity index (χ1n) is 10.9. The minimum atomic E-state index is 0.452. The summed E-state index contributed by atoms with van der Waals surface area (Å²) in [7, 11) is 2.21. The smallest absolute Gasteiger partial charge is 0.184 e. The number of nitrogens with zero attached hydrogens (tertiary/aromatic N) is 5. The molecule has 156 valence electrons. The molecule has 30 heavy (non-hydrogen) atoms. The van der Waals surface area contributed by atoms with Gasteiger partial charge in [-0.1, -0.05) is 30.3 Å². The van der Waals surface area contributed by atoms with E-state index in [0.717, 1.165) is 43.1 Å². The van der Waals surface area contributed by atoms with Crippen LogP contribution in [0.25, 0.3) is 16.7 Å². The second kappa shape index (κ2) is 7.43. The lowest BCUT2D eigenvalue weighted by molar-refractivity contribution is 0.190. The number of aromatic nitrogens is 4. The van der Waals surface area contributed by atoms with Crippen LogP contribution in [0.4, 0.5) is 5.69 Å². The van der Waals surface area contributed by atoms with E-state index in [9.17, 15) is 0 Å². The number of anilines is 1. The topological polar surface area (TPSA) is 50.4 Å². The van der Waals surface area contributed by atoms with Gasteiger partial charge in [0.1, 0.15) is 5.82 Å². The molecule has 1 aliphatic rings. The van der Waals surface area contributed by atoms with Crippen LogP contribution in [0.2, 0.25) is 0 Å². The minimum absolute atomic E-state index is 0.452. The van der Waals surface area contributed by atoms with Crippen molar-refractivity contribution in [3.05, 3.63) is 59.5 Å². The molecule has 2 unspecified atom stereocenters. The molecule has 1 aliphatic heterocycles. The van der Waals surface area contributed by atoms with Crippen LogP contribution in [0, 0.1) is 13.8 Å². The molecule has 1 fully saturated rings. The van der Waals surface area contributed by atoms with Crippen molar-refractivity contribution in [2.45, 2.75) is 52.2 Å². The second-order valence-electron chi connectivity index (χ2n) is 8.79. The molecule has 1 N–H and O–H groups in total. The molecule has 0 aliphatic carbocycles. The number of likely N-dealkylation sites (tertiary alicyclic amines) is 1. The highest BCUT2D eigenvalue weighted by atomic mass is 15.3. The zero-order valence-corrected chi connectivity index (χ0v) is 18.3. The van der Waals surface area contributed by atoms with Gasteiger partial charge in [0, 0.05) is 30.9 Å². The summed E-state index contributed by atoms with van der Waals surface area (Å²) in [5, 5.41) is 12.7. The fourth-order valence-electron chi connectivity index (χ4n) is 4.76. The van der Waals surface area contributed by atoms with E-state index in [1.54, 1.807) is 0 Å². The molecule has 6 nitrogen and oxygen atoms in total. The van der Waals surface area contributed by atoms with Gasteiger partial charge in [-0.2, -0.15) is 0 Å². The molecule has 0 amide bonds. The van der Waals surface area contributed by atoms with E-state index in [0.29, 0.717) is 12.1 Å². The highest BCUT2D eigenvalue weighted by Gasteiger charge is 2.24. The molecule has 4 aromatic rings. The quantitative estimate of drug-likeness (QED) is 0.555. The van der Waals surface area contributed by atoms with Gasteiger partial charge >= 0.3 is 0 Å². The Kier molecular flexibility index (Phi) is 4.74.